The van der Waals surface area contributed by atoms with Crippen LogP contribution in [0.1, 0.15) is 38.5 Å². The van der Waals surface area contributed by atoms with Gasteiger partial charge in [-0.3, -0.25) is 4.79 Å². The Morgan fingerprint density at radius 1 is 1.27 bits per heavy atom. The number of nitrogens with one attached hydrogen (secondary N) is 2. The molecular formula is C19H25N5O2. The van der Waals surface area contributed by atoms with E-state index in [-0.39, 0.29) is 11.8 Å². The van der Waals surface area contributed by atoms with Gasteiger partial charge in [-0.05, 0) is 31.4 Å². The fraction of sp³-hybridized carbons (Fsp3) is 0.474. The zero-order chi connectivity index (χ0) is 18.2. The minimum Gasteiger partial charge on any atom is -0.422 e. The standard InChI is InChI=1S/C13H16N4O.C6H9NO/c1-2-5-10(6-3-1)16-11-7-4-8-14-12(11)13-17-15-9-18-13;1-2-5-3-4-7-6(5)8/h4,7-10,16H,1-3,5-6H2;2,5H,1,3-4H2,(H,7,8). The Kier molecular flexibility index (Phi) is 6.35. The number of amides is 1. The largest absolute Gasteiger partial charge is 0.422 e. The van der Waals surface area contributed by atoms with E-state index in [0.717, 1.165) is 24.3 Å². The Balaban J connectivity index is 0.000000206. The molecule has 0 spiro atoms. The zero-order valence-corrected chi connectivity index (χ0v) is 14.9. The molecule has 1 amide bonds. The minimum atomic E-state index is 0.0787. The van der Waals surface area contributed by atoms with Crippen LogP contribution in [0.2, 0.25) is 0 Å². The SMILES string of the molecule is C=CC1CCNC1=O.c1cnc(-c2nnco2)c(NC2CCCCC2)c1. The molecule has 1 unspecified atom stereocenters. The third kappa shape index (κ3) is 4.68. The van der Waals surface area contributed by atoms with Gasteiger partial charge in [-0.1, -0.05) is 25.3 Å². The van der Waals surface area contributed by atoms with Gasteiger partial charge in [-0.25, -0.2) is 4.98 Å². The second-order valence-electron chi connectivity index (χ2n) is 6.54. The number of rotatable bonds is 4. The van der Waals surface area contributed by atoms with Crippen LogP contribution in [0.15, 0.2) is 41.8 Å². The van der Waals surface area contributed by atoms with Crippen molar-refractivity contribution < 1.29 is 9.21 Å². The smallest absolute Gasteiger partial charge is 0.268 e. The van der Waals surface area contributed by atoms with Crippen molar-refractivity contribution in [2.45, 2.75) is 44.6 Å². The van der Waals surface area contributed by atoms with Crippen LogP contribution < -0.4 is 10.6 Å². The molecule has 2 N–H and O–H groups in total. The van der Waals surface area contributed by atoms with Crippen LogP contribution in [-0.4, -0.2) is 33.7 Å². The van der Waals surface area contributed by atoms with E-state index in [9.17, 15) is 4.79 Å². The van der Waals surface area contributed by atoms with Crippen LogP contribution >= 0.6 is 0 Å². The molecule has 2 fully saturated rings. The number of carbonyl (C=O) groups excluding carboxylic acids is 1. The molecule has 3 heterocycles. The first-order valence-electron chi connectivity index (χ1n) is 9.16. The lowest BCUT2D eigenvalue weighted by atomic mass is 9.95. The highest BCUT2D eigenvalue weighted by atomic mass is 16.4. The van der Waals surface area contributed by atoms with Crippen molar-refractivity contribution in [1.29, 1.82) is 0 Å². The van der Waals surface area contributed by atoms with E-state index in [1.54, 1.807) is 12.3 Å². The van der Waals surface area contributed by atoms with Crippen molar-refractivity contribution in [1.82, 2.24) is 20.5 Å². The third-order valence-corrected chi connectivity index (χ3v) is 4.71. The number of nitrogens with zero attached hydrogens (tertiary/aromatic N) is 3. The summed E-state index contributed by atoms with van der Waals surface area (Å²) in [7, 11) is 0. The van der Waals surface area contributed by atoms with E-state index in [2.05, 4.69) is 32.4 Å². The third-order valence-electron chi connectivity index (χ3n) is 4.71. The summed E-state index contributed by atoms with van der Waals surface area (Å²) in [5.74, 6) is 0.670. The van der Waals surface area contributed by atoms with Crippen molar-refractivity contribution in [2.24, 2.45) is 5.92 Å². The highest BCUT2D eigenvalue weighted by Gasteiger charge is 2.19. The van der Waals surface area contributed by atoms with E-state index in [1.807, 2.05) is 12.1 Å². The van der Waals surface area contributed by atoms with Crippen LogP contribution in [0.25, 0.3) is 11.6 Å². The lowest BCUT2D eigenvalue weighted by Gasteiger charge is -2.24. The summed E-state index contributed by atoms with van der Waals surface area (Å²) in [5, 5.41) is 13.9. The van der Waals surface area contributed by atoms with Crippen LogP contribution in [0.5, 0.6) is 0 Å². The molecule has 2 aromatic rings. The van der Waals surface area contributed by atoms with Gasteiger partial charge < -0.3 is 15.1 Å². The van der Waals surface area contributed by atoms with Gasteiger partial charge in [0.25, 0.3) is 5.89 Å². The minimum absolute atomic E-state index is 0.0787. The summed E-state index contributed by atoms with van der Waals surface area (Å²) in [6.45, 7) is 4.35. The molecular weight excluding hydrogens is 330 g/mol. The maximum atomic E-state index is 10.6. The number of hydrogen-bond donors (Lipinski definition) is 2. The van der Waals surface area contributed by atoms with Crippen molar-refractivity contribution in [3.8, 4) is 11.6 Å². The summed E-state index contributed by atoms with van der Waals surface area (Å²) in [4.78, 5) is 15.0. The topological polar surface area (TPSA) is 92.9 Å². The molecule has 0 bridgehead atoms. The average Bonchev–Trinajstić information content (AvgIpc) is 3.35. The van der Waals surface area contributed by atoms with Crippen LogP contribution in [-0.2, 0) is 4.79 Å². The molecule has 7 nitrogen and oxygen atoms in total. The number of carbonyl (C=O) groups is 1. The highest BCUT2D eigenvalue weighted by molar-refractivity contribution is 5.82. The van der Waals surface area contributed by atoms with Crippen molar-refractivity contribution >= 4 is 11.6 Å². The molecule has 0 radical (unpaired) electrons. The summed E-state index contributed by atoms with van der Waals surface area (Å²) >= 11 is 0. The van der Waals surface area contributed by atoms with E-state index < -0.39 is 0 Å². The predicted molar refractivity (Wildman–Crippen MR) is 99.3 cm³/mol. The number of hydrogen-bond acceptors (Lipinski definition) is 6. The first-order chi connectivity index (χ1) is 12.8. The van der Waals surface area contributed by atoms with Crippen molar-refractivity contribution in [3.05, 3.63) is 37.4 Å². The second kappa shape index (κ2) is 9.12. The molecule has 0 aromatic carbocycles. The van der Waals surface area contributed by atoms with E-state index in [0.29, 0.717) is 11.9 Å². The molecule has 26 heavy (non-hydrogen) atoms. The van der Waals surface area contributed by atoms with E-state index in [1.165, 1.54) is 38.5 Å². The van der Waals surface area contributed by atoms with Gasteiger partial charge >= 0.3 is 0 Å². The number of aromatic nitrogens is 3. The molecule has 2 aliphatic rings. The maximum Gasteiger partial charge on any atom is 0.268 e. The fourth-order valence-electron chi connectivity index (χ4n) is 3.27. The van der Waals surface area contributed by atoms with Crippen molar-refractivity contribution in [3.63, 3.8) is 0 Å². The average molecular weight is 355 g/mol. The highest BCUT2D eigenvalue weighted by Crippen LogP contribution is 2.27. The van der Waals surface area contributed by atoms with Gasteiger partial charge in [-0.2, -0.15) is 0 Å². The van der Waals surface area contributed by atoms with Gasteiger partial charge in [0.15, 0.2) is 5.69 Å². The van der Waals surface area contributed by atoms with Gasteiger partial charge in [-0.15, -0.1) is 16.8 Å². The number of anilines is 1. The molecule has 1 aliphatic carbocycles. The normalized spacial score (nSPS) is 20.0. The summed E-state index contributed by atoms with van der Waals surface area (Å²) in [5.41, 5.74) is 1.72. The Morgan fingerprint density at radius 3 is 2.73 bits per heavy atom. The van der Waals surface area contributed by atoms with Gasteiger partial charge in [0.2, 0.25) is 12.3 Å². The predicted octanol–water partition coefficient (Wildman–Crippen LogP) is 3.18. The lowest BCUT2D eigenvalue weighted by Crippen LogP contribution is -2.22. The molecule has 1 atom stereocenters. The van der Waals surface area contributed by atoms with Gasteiger partial charge in [0, 0.05) is 18.8 Å². The fourth-order valence-corrected chi connectivity index (χ4v) is 3.27. The Labute approximate surface area is 153 Å². The van der Waals surface area contributed by atoms with Crippen molar-refractivity contribution in [2.75, 3.05) is 11.9 Å². The van der Waals surface area contributed by atoms with E-state index in [4.69, 9.17) is 4.42 Å². The molecule has 7 heteroatoms. The van der Waals surface area contributed by atoms with Gasteiger partial charge in [0.1, 0.15) is 0 Å². The monoisotopic (exact) mass is 355 g/mol. The Hall–Kier alpha value is -2.70. The first kappa shape index (κ1) is 18.1. The molecule has 1 saturated carbocycles. The first-order valence-corrected chi connectivity index (χ1v) is 9.16. The molecule has 1 saturated heterocycles. The molecule has 2 aromatic heterocycles. The summed E-state index contributed by atoms with van der Waals surface area (Å²) < 4.78 is 5.22. The zero-order valence-electron chi connectivity index (χ0n) is 14.9. The Bertz CT molecular complexity index is 710. The maximum absolute atomic E-state index is 10.6. The molecule has 138 valence electrons. The Morgan fingerprint density at radius 2 is 2.12 bits per heavy atom. The summed E-state index contributed by atoms with van der Waals surface area (Å²) in [6.07, 6.45) is 12.1. The quantitative estimate of drug-likeness (QED) is 0.818. The molecule has 4 rings (SSSR count). The van der Waals surface area contributed by atoms with E-state index >= 15 is 0 Å². The summed E-state index contributed by atoms with van der Waals surface area (Å²) in [6, 6.07) is 4.47. The molecule has 1 aliphatic heterocycles. The number of pyridine rings is 1. The van der Waals surface area contributed by atoms with Gasteiger partial charge in [0.05, 0.1) is 11.6 Å². The van der Waals surface area contributed by atoms with Crippen LogP contribution in [0, 0.1) is 5.92 Å². The second-order valence-corrected chi connectivity index (χ2v) is 6.54. The van der Waals surface area contributed by atoms with Crippen LogP contribution in [0.4, 0.5) is 5.69 Å². The lowest BCUT2D eigenvalue weighted by molar-refractivity contribution is -0.121. The van der Waals surface area contributed by atoms with Crippen LogP contribution in [0.3, 0.4) is 0 Å².